The van der Waals surface area contributed by atoms with E-state index >= 15 is 0 Å². The van der Waals surface area contributed by atoms with E-state index < -0.39 is 150 Å². The van der Waals surface area contributed by atoms with Crippen molar-refractivity contribution in [1.82, 2.24) is 0 Å². The van der Waals surface area contributed by atoms with Crippen molar-refractivity contribution >= 4 is 27.3 Å². The van der Waals surface area contributed by atoms with Crippen molar-refractivity contribution < 1.29 is 252 Å². The fourth-order valence-electron chi connectivity index (χ4n) is 0. The van der Waals surface area contributed by atoms with Gasteiger partial charge in [0.05, 0.1) is 0 Å². The van der Waals surface area contributed by atoms with Gasteiger partial charge in [-0.1, -0.05) is 0 Å². The molecule has 34 heavy (non-hydrogen) atoms. The molecule has 0 rings (SSSR count). The third-order valence-electron chi connectivity index (χ3n) is 0. The molecule has 0 unspecified atom stereocenters. The topological polar surface area (TPSA) is 458 Å². The van der Waals surface area contributed by atoms with Gasteiger partial charge in [0.1, 0.15) is 0 Å². The minimum absolute atomic E-state index is 0. The van der Waals surface area contributed by atoms with Gasteiger partial charge in [0.15, 0.2) is 0 Å². The summed E-state index contributed by atoms with van der Waals surface area (Å²) in [7, 11) is 0. The number of hydrogen-bond acceptors (Lipinski definition) is 24. The van der Waals surface area contributed by atoms with Crippen LogP contribution in [0.4, 0.5) is 0 Å². The molecule has 0 amide bonds. The molecule has 0 bridgehead atoms. The van der Waals surface area contributed by atoms with E-state index in [9.17, 15) is 0 Å². The van der Waals surface area contributed by atoms with Crippen LogP contribution in [0.3, 0.4) is 0 Å². The fourth-order valence-corrected chi connectivity index (χ4v) is 0. The molecule has 0 atom stereocenters. The van der Waals surface area contributed by atoms with Crippen LogP contribution < -0.4 is 28.9 Å². The quantitative estimate of drug-likeness (QED) is 0.203. The average molecular weight is 1430 g/mol. The van der Waals surface area contributed by atoms with Crippen LogP contribution in [0.5, 0.6) is 0 Å². The summed E-state index contributed by atoms with van der Waals surface area (Å²) in [6.45, 7) is 0. The summed E-state index contributed by atoms with van der Waals surface area (Å²) in [5.41, 5.74) is 0. The minimum Gasteiger partial charge on any atom is 2.00 e. The number of rotatable bonds is 0. The van der Waals surface area contributed by atoms with Crippen LogP contribution >= 0.6 is 0 Å². The van der Waals surface area contributed by atoms with E-state index in [0.717, 1.165) is 0 Å². The van der Waals surface area contributed by atoms with Gasteiger partial charge in [-0.25, -0.2) is 0 Å². The van der Waals surface area contributed by atoms with E-state index in [2.05, 4.69) is 0 Å². The maximum Gasteiger partial charge on any atom is 2.00 e. The van der Waals surface area contributed by atoms with Crippen LogP contribution in [-0.4, -0.2) is 27.3 Å². The molecule has 194 valence electrons. The van der Waals surface area contributed by atoms with E-state index in [1.54, 1.807) is 0 Å². The minimum atomic E-state index is -4.20. The molecule has 0 aromatic heterocycles. The summed E-state index contributed by atoms with van der Waals surface area (Å²) in [6.07, 6.45) is 0. The largest absolute Gasteiger partial charge is 2.00 e. The smallest absolute Gasteiger partial charge is 2.00 e. The van der Waals surface area contributed by atoms with E-state index in [1.165, 1.54) is 0 Å². The Morgan fingerprint density at radius 3 is 0.235 bits per heavy atom. The second-order valence-corrected chi connectivity index (χ2v) is 10.6. The maximum absolute atomic E-state index is 8.60. The monoisotopic (exact) mass is 1430 g/mol. The van der Waals surface area contributed by atoms with Crippen molar-refractivity contribution in [3.05, 3.63) is 0 Å². The molecule has 0 aliphatic heterocycles. The van der Waals surface area contributed by atoms with E-state index in [1.807, 2.05) is 0 Å². The van der Waals surface area contributed by atoms with Gasteiger partial charge in [-0.05, 0) is 0 Å². The summed E-state index contributed by atoms with van der Waals surface area (Å²) >= 11 is -33.6. The van der Waals surface area contributed by atoms with Crippen LogP contribution in [0.25, 0.3) is 0 Å². The van der Waals surface area contributed by atoms with Gasteiger partial charge in [0.2, 0.25) is 0 Å². The summed E-state index contributed by atoms with van der Waals surface area (Å²) in [4.78, 5) is 0. The van der Waals surface area contributed by atoms with Crippen molar-refractivity contribution in [2.24, 2.45) is 0 Å². The molecule has 0 spiro atoms. The summed E-state index contributed by atoms with van der Waals surface area (Å²) in [6, 6.07) is 0. The molecular weight excluding hydrogens is 1430 g/mol. The summed E-state index contributed by atoms with van der Waals surface area (Å²) in [5, 5.41) is 0. The molecule has 0 saturated heterocycles. The Hall–Kier alpha value is 4.01. The molecule has 2 radical (unpaired) electrons. The predicted octanol–water partition coefficient (Wildman–Crippen LogP) is -11.8. The standard InChI is InChI=1S/Mo.8Nb.24O.Pb/q+6;;;;;;;;;;;;;;;;;;;;;;;;;8*-1;+2. The van der Waals surface area contributed by atoms with Gasteiger partial charge < -0.3 is 0 Å². The normalized spacial score (nSPS) is 5.88. The summed E-state index contributed by atoms with van der Waals surface area (Å²) in [5.74, 6) is 0. The maximum atomic E-state index is 8.60. The zero-order valence-corrected chi connectivity index (χ0v) is 37.8. The van der Waals surface area contributed by atoms with Gasteiger partial charge in [0.25, 0.3) is 0 Å². The van der Waals surface area contributed by atoms with Crippen molar-refractivity contribution in [2.75, 3.05) is 0 Å². The first-order valence-electron chi connectivity index (χ1n) is 4.38. The van der Waals surface area contributed by atoms with Gasteiger partial charge in [-0.3, -0.25) is 0 Å². The molecule has 0 saturated carbocycles. The number of hydrogen-bond donors (Lipinski definition) is 0. The van der Waals surface area contributed by atoms with Crippen molar-refractivity contribution in [1.29, 1.82) is 0 Å². The van der Waals surface area contributed by atoms with Gasteiger partial charge >= 0.3 is 280 Å². The second kappa shape index (κ2) is 61.2. The fraction of sp³-hybridized carbons (Fsp3) is 0. The molecule has 34 heteroatoms. The Kier molecular flexibility index (Phi) is 119. The van der Waals surface area contributed by atoms with Gasteiger partial charge in [-0.15, -0.1) is 0 Å². The Morgan fingerprint density at radius 1 is 0.235 bits per heavy atom. The van der Waals surface area contributed by atoms with E-state index in [4.69, 9.17) is 80.9 Å². The third kappa shape index (κ3) is 2740. The summed E-state index contributed by atoms with van der Waals surface area (Å²) < 4.78 is 206. The van der Waals surface area contributed by atoms with Crippen LogP contribution in [0.1, 0.15) is 0 Å². The second-order valence-electron chi connectivity index (χ2n) is 1.79. The van der Waals surface area contributed by atoms with E-state index in [-0.39, 0.29) is 48.4 Å². The zero-order chi connectivity index (χ0) is 28.6. The van der Waals surface area contributed by atoms with Crippen LogP contribution in [0.15, 0.2) is 0 Å². The Bertz CT molecular complexity index is 666. The van der Waals surface area contributed by atoms with Crippen LogP contribution in [-0.2, 0) is 223 Å². The van der Waals surface area contributed by atoms with Crippen molar-refractivity contribution in [3.8, 4) is 0 Å². The molecular formula is MoNb8O24Pb. The first-order valence-corrected chi connectivity index (χ1v) is 25.9. The van der Waals surface area contributed by atoms with E-state index in [0.29, 0.717) is 0 Å². The van der Waals surface area contributed by atoms with Crippen molar-refractivity contribution in [3.63, 3.8) is 0 Å². The third-order valence-corrected chi connectivity index (χ3v) is 0. The Morgan fingerprint density at radius 2 is 0.235 bits per heavy atom. The van der Waals surface area contributed by atoms with Gasteiger partial charge in [0, 0.05) is 0 Å². The molecule has 0 aromatic carbocycles. The molecule has 0 heterocycles. The zero-order valence-electron chi connectivity index (χ0n) is 14.3. The first kappa shape index (κ1) is 66.4. The molecule has 24 nitrogen and oxygen atoms in total. The van der Waals surface area contributed by atoms with Crippen molar-refractivity contribution in [2.45, 2.75) is 0 Å². The molecule has 0 aromatic rings. The first-order chi connectivity index (χ1) is 13.9. The van der Waals surface area contributed by atoms with Crippen LogP contribution in [0, 0.1) is 0 Å². The molecule has 0 aliphatic carbocycles. The SMILES string of the molecule is [Mo+6].[O]=[Nb](=[O])[O-].[O]=[Nb](=[O])[O-].[O]=[Nb](=[O])[O-].[O]=[Nb](=[O])[O-].[O]=[Nb](=[O])[O-].[O]=[Nb](=[O])[O-].[O]=[Nb](=[O])[O-].[O]=[Nb](=[O])[O-].[Pb+2]. The average Bonchev–Trinajstić information content (AvgIpc) is 2.30. The molecule has 0 fully saturated rings. The predicted molar refractivity (Wildman–Crippen MR) is 16.7 cm³/mol. The van der Waals surface area contributed by atoms with Crippen LogP contribution in [0.2, 0.25) is 0 Å². The Labute approximate surface area is 273 Å². The van der Waals surface area contributed by atoms with Gasteiger partial charge in [-0.2, -0.15) is 0 Å². The Balaban J connectivity index is -0.0000000240. The molecule has 0 N–H and O–H groups in total. The molecule has 0 aliphatic rings.